The molecule has 0 unspecified atom stereocenters. The van der Waals surface area contributed by atoms with Crippen molar-refractivity contribution in [3.8, 4) is 0 Å². The third-order valence-corrected chi connectivity index (χ3v) is 3.24. The van der Waals surface area contributed by atoms with Crippen LogP contribution in [0.1, 0.15) is 35.9 Å². The molecular formula is C15H18ClN3O. The van der Waals surface area contributed by atoms with E-state index < -0.39 is 0 Å². The lowest BCUT2D eigenvalue weighted by Gasteiger charge is -2.12. The fourth-order valence-electron chi connectivity index (χ4n) is 2.03. The summed E-state index contributed by atoms with van der Waals surface area (Å²) < 4.78 is 1.86. The Kier molecular flexibility index (Phi) is 4.35. The minimum Gasteiger partial charge on any atom is -0.397 e. The van der Waals surface area contributed by atoms with Crippen LogP contribution >= 0.6 is 11.6 Å². The molecule has 20 heavy (non-hydrogen) atoms. The first-order chi connectivity index (χ1) is 9.47. The summed E-state index contributed by atoms with van der Waals surface area (Å²) >= 11 is 5.91. The second-order valence-corrected chi connectivity index (χ2v) is 5.41. The van der Waals surface area contributed by atoms with Gasteiger partial charge in [0.05, 0.1) is 5.69 Å². The lowest BCUT2D eigenvalue weighted by atomic mass is 10.2. The number of aromatic nitrogens is 1. The maximum Gasteiger partial charge on any atom is 0.268 e. The molecule has 0 radical (unpaired) electrons. The third kappa shape index (κ3) is 3.33. The van der Waals surface area contributed by atoms with Crippen LogP contribution in [0.15, 0.2) is 36.5 Å². The van der Waals surface area contributed by atoms with Gasteiger partial charge in [-0.05, 0) is 37.6 Å². The van der Waals surface area contributed by atoms with Gasteiger partial charge in [-0.25, -0.2) is 0 Å². The normalized spacial score (nSPS) is 10.8. The molecular weight excluding hydrogens is 274 g/mol. The Morgan fingerprint density at radius 1 is 1.40 bits per heavy atom. The van der Waals surface area contributed by atoms with Crippen LogP contribution in [0, 0.1) is 0 Å². The van der Waals surface area contributed by atoms with Crippen molar-refractivity contribution in [2.24, 2.45) is 0 Å². The summed E-state index contributed by atoms with van der Waals surface area (Å²) in [6.07, 6.45) is 1.78. The number of carbonyl (C=O) groups is 1. The Morgan fingerprint density at radius 3 is 2.80 bits per heavy atom. The second kappa shape index (κ2) is 6.01. The number of hydrogen-bond donors (Lipinski definition) is 2. The van der Waals surface area contributed by atoms with Crippen LogP contribution in [0.4, 0.5) is 5.69 Å². The fraction of sp³-hybridized carbons (Fsp3) is 0.267. The molecule has 0 fully saturated rings. The molecule has 0 aliphatic rings. The molecule has 106 valence electrons. The first kappa shape index (κ1) is 14.5. The number of amides is 1. The highest BCUT2D eigenvalue weighted by Crippen LogP contribution is 2.17. The van der Waals surface area contributed by atoms with Gasteiger partial charge in [-0.3, -0.25) is 4.79 Å². The molecule has 1 heterocycles. The van der Waals surface area contributed by atoms with Gasteiger partial charge < -0.3 is 15.6 Å². The molecule has 0 saturated carbocycles. The van der Waals surface area contributed by atoms with E-state index in [2.05, 4.69) is 5.32 Å². The number of carbonyl (C=O) groups excluding carboxylic acids is 1. The van der Waals surface area contributed by atoms with Crippen molar-refractivity contribution in [3.63, 3.8) is 0 Å². The third-order valence-electron chi connectivity index (χ3n) is 3.00. The standard InChI is InChI=1S/C15H18ClN3O/c1-10(2)19-9-13(17)7-14(19)15(20)18-8-11-4-3-5-12(16)6-11/h3-7,9-10H,8,17H2,1-2H3,(H,18,20). The number of nitrogen functional groups attached to an aromatic ring is 1. The SMILES string of the molecule is CC(C)n1cc(N)cc1C(=O)NCc1cccc(Cl)c1. The van der Waals surface area contributed by atoms with Gasteiger partial charge in [0.1, 0.15) is 5.69 Å². The zero-order valence-electron chi connectivity index (χ0n) is 11.6. The van der Waals surface area contributed by atoms with Crippen LogP contribution in [-0.2, 0) is 6.54 Å². The minimum atomic E-state index is -0.143. The Balaban J connectivity index is 2.09. The molecule has 0 saturated heterocycles. The average Bonchev–Trinajstić information content (AvgIpc) is 2.78. The Hall–Kier alpha value is -1.94. The number of halogens is 1. The number of rotatable bonds is 4. The first-order valence-electron chi connectivity index (χ1n) is 6.47. The molecule has 2 rings (SSSR count). The van der Waals surface area contributed by atoms with Gasteiger partial charge in [-0.15, -0.1) is 0 Å². The number of nitrogens with one attached hydrogen (secondary N) is 1. The van der Waals surface area contributed by atoms with E-state index in [4.69, 9.17) is 17.3 Å². The Bertz CT molecular complexity index is 619. The molecule has 0 bridgehead atoms. The summed E-state index contributed by atoms with van der Waals surface area (Å²) in [4.78, 5) is 12.2. The molecule has 0 spiro atoms. The zero-order valence-corrected chi connectivity index (χ0v) is 12.3. The van der Waals surface area contributed by atoms with Crippen LogP contribution in [0.25, 0.3) is 0 Å². The van der Waals surface area contributed by atoms with Crippen LogP contribution in [0.5, 0.6) is 0 Å². The smallest absolute Gasteiger partial charge is 0.268 e. The molecule has 1 aromatic carbocycles. The van der Waals surface area contributed by atoms with Crippen LogP contribution in [-0.4, -0.2) is 10.5 Å². The monoisotopic (exact) mass is 291 g/mol. The van der Waals surface area contributed by atoms with Crippen molar-refractivity contribution in [2.45, 2.75) is 26.4 Å². The molecule has 1 amide bonds. The van der Waals surface area contributed by atoms with Crippen molar-refractivity contribution in [1.82, 2.24) is 9.88 Å². The maximum absolute atomic E-state index is 12.2. The highest BCUT2D eigenvalue weighted by molar-refractivity contribution is 6.30. The summed E-state index contributed by atoms with van der Waals surface area (Å²) in [7, 11) is 0. The molecule has 5 heteroatoms. The molecule has 0 aliphatic carbocycles. The Labute approximate surface area is 123 Å². The fourth-order valence-corrected chi connectivity index (χ4v) is 2.24. The summed E-state index contributed by atoms with van der Waals surface area (Å²) in [5.74, 6) is -0.143. The van der Waals surface area contributed by atoms with Crippen LogP contribution in [0.3, 0.4) is 0 Å². The number of nitrogens with two attached hydrogens (primary N) is 1. The lowest BCUT2D eigenvalue weighted by Crippen LogP contribution is -2.25. The van der Waals surface area contributed by atoms with E-state index in [1.807, 2.05) is 36.6 Å². The summed E-state index contributed by atoms with van der Waals surface area (Å²) in [6, 6.07) is 9.28. The summed E-state index contributed by atoms with van der Waals surface area (Å²) in [5.41, 5.74) is 7.88. The number of hydrogen-bond acceptors (Lipinski definition) is 2. The number of nitrogens with zero attached hydrogens (tertiary/aromatic N) is 1. The predicted molar refractivity (Wildman–Crippen MR) is 81.9 cm³/mol. The molecule has 3 N–H and O–H groups in total. The zero-order chi connectivity index (χ0) is 14.7. The van der Waals surface area contributed by atoms with Crippen molar-refractivity contribution >= 4 is 23.2 Å². The van der Waals surface area contributed by atoms with Crippen LogP contribution in [0.2, 0.25) is 5.02 Å². The van der Waals surface area contributed by atoms with Gasteiger partial charge in [0.15, 0.2) is 0 Å². The van der Waals surface area contributed by atoms with E-state index in [-0.39, 0.29) is 11.9 Å². The lowest BCUT2D eigenvalue weighted by molar-refractivity contribution is 0.0940. The Morgan fingerprint density at radius 2 is 2.15 bits per heavy atom. The highest BCUT2D eigenvalue weighted by Gasteiger charge is 2.14. The van der Waals surface area contributed by atoms with E-state index in [0.717, 1.165) is 5.56 Å². The van der Waals surface area contributed by atoms with Gasteiger partial charge in [0.25, 0.3) is 5.91 Å². The second-order valence-electron chi connectivity index (χ2n) is 4.97. The molecule has 1 aromatic heterocycles. The number of benzene rings is 1. The van der Waals surface area contributed by atoms with Crippen molar-refractivity contribution < 1.29 is 4.79 Å². The largest absolute Gasteiger partial charge is 0.397 e. The predicted octanol–water partition coefficient (Wildman–Crippen LogP) is 3.23. The van der Waals surface area contributed by atoms with E-state index in [1.54, 1.807) is 18.3 Å². The van der Waals surface area contributed by atoms with E-state index >= 15 is 0 Å². The maximum atomic E-state index is 12.2. The van der Waals surface area contributed by atoms with Gasteiger partial charge >= 0.3 is 0 Å². The minimum absolute atomic E-state index is 0.143. The van der Waals surface area contributed by atoms with E-state index in [9.17, 15) is 4.79 Å². The molecule has 0 aliphatic heterocycles. The number of anilines is 1. The average molecular weight is 292 g/mol. The first-order valence-corrected chi connectivity index (χ1v) is 6.85. The van der Waals surface area contributed by atoms with Crippen LogP contribution < -0.4 is 11.1 Å². The van der Waals surface area contributed by atoms with Crippen molar-refractivity contribution in [1.29, 1.82) is 0 Å². The van der Waals surface area contributed by atoms with Gasteiger partial charge in [0.2, 0.25) is 0 Å². The van der Waals surface area contributed by atoms with Crippen molar-refractivity contribution in [2.75, 3.05) is 5.73 Å². The molecule has 4 nitrogen and oxygen atoms in total. The quantitative estimate of drug-likeness (QED) is 0.908. The van der Waals surface area contributed by atoms with E-state index in [0.29, 0.717) is 22.9 Å². The highest BCUT2D eigenvalue weighted by atomic mass is 35.5. The topological polar surface area (TPSA) is 60.0 Å². The van der Waals surface area contributed by atoms with Gasteiger partial charge in [0, 0.05) is 23.8 Å². The van der Waals surface area contributed by atoms with E-state index in [1.165, 1.54) is 0 Å². The molecule has 0 atom stereocenters. The summed E-state index contributed by atoms with van der Waals surface area (Å²) in [5, 5.41) is 3.54. The summed E-state index contributed by atoms with van der Waals surface area (Å²) in [6.45, 7) is 4.45. The van der Waals surface area contributed by atoms with Crippen molar-refractivity contribution in [3.05, 3.63) is 52.8 Å². The van der Waals surface area contributed by atoms with Gasteiger partial charge in [-0.2, -0.15) is 0 Å². The molecule has 2 aromatic rings. The van der Waals surface area contributed by atoms with Gasteiger partial charge in [-0.1, -0.05) is 23.7 Å².